The molecule has 1 rings (SSSR count). The van der Waals surface area contributed by atoms with Gasteiger partial charge in [-0.25, -0.2) is 0 Å². The Morgan fingerprint density at radius 1 is 1.46 bits per heavy atom. The van der Waals surface area contributed by atoms with Crippen LogP contribution < -0.4 is 0 Å². The number of hydrogen-bond acceptors (Lipinski definition) is 1. The van der Waals surface area contributed by atoms with Crippen molar-refractivity contribution in [1.29, 1.82) is 0 Å². The van der Waals surface area contributed by atoms with E-state index in [1.54, 1.807) is 11.3 Å². The summed E-state index contributed by atoms with van der Waals surface area (Å²) in [6, 6.07) is 0. The van der Waals surface area contributed by atoms with E-state index < -0.39 is 0 Å². The molecule has 1 aromatic heterocycles. The standard InChI is InChI=1S/C10H11BrS.FH/c1-2-3-4-5-6-9-7-12-8-10(9)11;/h7-8H,2-4H2,1H3;1H. The summed E-state index contributed by atoms with van der Waals surface area (Å²) in [4.78, 5) is 0. The van der Waals surface area contributed by atoms with Gasteiger partial charge < -0.3 is 0 Å². The van der Waals surface area contributed by atoms with Crippen LogP contribution in [0.1, 0.15) is 31.7 Å². The Balaban J connectivity index is 0.00000144. The highest BCUT2D eigenvalue weighted by Crippen LogP contribution is 2.19. The lowest BCUT2D eigenvalue weighted by Gasteiger charge is -1.84. The molecule has 0 saturated carbocycles. The molecule has 0 saturated heterocycles. The summed E-state index contributed by atoms with van der Waals surface area (Å²) in [5.74, 6) is 6.30. The van der Waals surface area contributed by atoms with E-state index in [9.17, 15) is 0 Å². The zero-order valence-electron chi connectivity index (χ0n) is 7.47. The maximum Gasteiger partial charge on any atom is 0.0494 e. The molecule has 0 unspecified atom stereocenters. The molecule has 72 valence electrons. The third-order valence-corrected chi connectivity index (χ3v) is 3.20. The first-order chi connectivity index (χ1) is 5.84. The fraction of sp³-hybridized carbons (Fsp3) is 0.400. The van der Waals surface area contributed by atoms with Crippen molar-refractivity contribution in [2.45, 2.75) is 26.2 Å². The topological polar surface area (TPSA) is 0 Å². The Bertz CT molecular complexity index is 295. The van der Waals surface area contributed by atoms with Crippen LogP contribution in [0.4, 0.5) is 4.70 Å². The van der Waals surface area contributed by atoms with E-state index in [1.807, 2.05) is 0 Å². The number of hydrogen-bond donors (Lipinski definition) is 0. The van der Waals surface area contributed by atoms with Crippen molar-refractivity contribution >= 4 is 27.3 Å². The van der Waals surface area contributed by atoms with Crippen LogP contribution in [0.3, 0.4) is 0 Å². The number of unbranched alkanes of at least 4 members (excludes halogenated alkanes) is 2. The SMILES string of the molecule is CCCCC#Cc1cscc1Br.F. The highest BCUT2D eigenvalue weighted by Gasteiger charge is 1.94. The molecule has 0 aliphatic rings. The Hall–Kier alpha value is -0.330. The summed E-state index contributed by atoms with van der Waals surface area (Å²) in [6.45, 7) is 2.18. The first kappa shape index (κ1) is 12.7. The lowest BCUT2D eigenvalue weighted by molar-refractivity contribution is 0.828. The average molecular weight is 263 g/mol. The molecular formula is C10H12BrFS. The van der Waals surface area contributed by atoms with Gasteiger partial charge in [0.1, 0.15) is 0 Å². The second kappa shape index (κ2) is 7.11. The molecule has 0 radical (unpaired) electrons. The van der Waals surface area contributed by atoms with Crippen molar-refractivity contribution in [3.63, 3.8) is 0 Å². The molecule has 0 atom stereocenters. The van der Waals surface area contributed by atoms with Gasteiger partial charge in [0.15, 0.2) is 0 Å². The predicted molar refractivity (Wildman–Crippen MR) is 60.9 cm³/mol. The monoisotopic (exact) mass is 262 g/mol. The first-order valence-corrected chi connectivity index (χ1v) is 5.78. The van der Waals surface area contributed by atoms with Gasteiger partial charge in [-0.3, -0.25) is 4.70 Å². The summed E-state index contributed by atoms with van der Waals surface area (Å²) in [5.41, 5.74) is 1.12. The molecule has 0 nitrogen and oxygen atoms in total. The van der Waals surface area contributed by atoms with E-state index in [-0.39, 0.29) is 4.70 Å². The fourth-order valence-corrected chi connectivity index (χ4v) is 2.12. The Morgan fingerprint density at radius 3 is 2.77 bits per heavy atom. The van der Waals surface area contributed by atoms with Gasteiger partial charge in [-0.1, -0.05) is 25.2 Å². The molecule has 3 heteroatoms. The predicted octanol–water partition coefficient (Wildman–Crippen LogP) is 4.20. The van der Waals surface area contributed by atoms with E-state index in [0.717, 1.165) is 16.5 Å². The molecule has 0 N–H and O–H groups in total. The summed E-state index contributed by atoms with van der Waals surface area (Å²) in [7, 11) is 0. The third kappa shape index (κ3) is 4.44. The molecule has 0 aliphatic heterocycles. The van der Waals surface area contributed by atoms with Crippen molar-refractivity contribution < 1.29 is 4.70 Å². The molecule has 0 fully saturated rings. The van der Waals surface area contributed by atoms with Crippen LogP contribution in [0.2, 0.25) is 0 Å². The van der Waals surface area contributed by atoms with Crippen molar-refractivity contribution in [2.24, 2.45) is 0 Å². The van der Waals surface area contributed by atoms with Crippen molar-refractivity contribution in [1.82, 2.24) is 0 Å². The average Bonchev–Trinajstić information content (AvgIpc) is 2.46. The Morgan fingerprint density at radius 2 is 2.23 bits per heavy atom. The van der Waals surface area contributed by atoms with E-state index in [4.69, 9.17) is 0 Å². The van der Waals surface area contributed by atoms with Crippen molar-refractivity contribution in [2.75, 3.05) is 0 Å². The van der Waals surface area contributed by atoms with Crippen molar-refractivity contribution in [3.8, 4) is 11.8 Å². The number of rotatable bonds is 2. The second-order valence-electron chi connectivity index (χ2n) is 2.54. The maximum absolute atomic E-state index is 3.44. The van der Waals surface area contributed by atoms with Crippen LogP contribution in [-0.4, -0.2) is 0 Å². The zero-order valence-corrected chi connectivity index (χ0v) is 9.87. The van der Waals surface area contributed by atoms with Crippen molar-refractivity contribution in [3.05, 3.63) is 20.8 Å². The van der Waals surface area contributed by atoms with Crippen LogP contribution in [-0.2, 0) is 0 Å². The van der Waals surface area contributed by atoms with Gasteiger partial charge in [0.2, 0.25) is 0 Å². The highest BCUT2D eigenvalue weighted by molar-refractivity contribution is 9.10. The van der Waals surface area contributed by atoms with Gasteiger partial charge in [0, 0.05) is 27.2 Å². The second-order valence-corrected chi connectivity index (χ2v) is 4.14. The Kier molecular flexibility index (Phi) is 6.93. The highest BCUT2D eigenvalue weighted by atomic mass is 79.9. The minimum atomic E-state index is 0. The molecule has 1 aromatic rings. The van der Waals surface area contributed by atoms with Crippen LogP contribution in [0, 0.1) is 11.8 Å². The summed E-state index contributed by atoms with van der Waals surface area (Å²) < 4.78 is 1.12. The van der Waals surface area contributed by atoms with E-state index in [1.165, 1.54) is 12.8 Å². The minimum absolute atomic E-state index is 0. The lowest BCUT2D eigenvalue weighted by atomic mass is 10.2. The smallest absolute Gasteiger partial charge is 0.0494 e. The molecular weight excluding hydrogens is 251 g/mol. The van der Waals surface area contributed by atoms with Gasteiger partial charge in [-0.05, 0) is 22.4 Å². The normalized spacial score (nSPS) is 8.46. The molecule has 0 amide bonds. The van der Waals surface area contributed by atoms with Gasteiger partial charge in [-0.15, -0.1) is 11.3 Å². The molecule has 13 heavy (non-hydrogen) atoms. The largest absolute Gasteiger partial charge is 0.269 e. The Labute approximate surface area is 90.9 Å². The number of thiophene rings is 1. The van der Waals surface area contributed by atoms with Gasteiger partial charge in [0.25, 0.3) is 0 Å². The van der Waals surface area contributed by atoms with Gasteiger partial charge in [-0.2, -0.15) is 0 Å². The molecule has 0 bridgehead atoms. The van der Waals surface area contributed by atoms with E-state index >= 15 is 0 Å². The van der Waals surface area contributed by atoms with E-state index in [2.05, 4.69) is 45.5 Å². The van der Waals surface area contributed by atoms with E-state index in [0.29, 0.717) is 0 Å². The third-order valence-electron chi connectivity index (χ3n) is 1.49. The zero-order chi connectivity index (χ0) is 8.81. The molecule has 0 spiro atoms. The summed E-state index contributed by atoms with van der Waals surface area (Å²) >= 11 is 5.12. The number of halogens is 2. The van der Waals surface area contributed by atoms with Gasteiger partial charge >= 0.3 is 0 Å². The van der Waals surface area contributed by atoms with Crippen LogP contribution >= 0.6 is 27.3 Å². The quantitative estimate of drug-likeness (QED) is 0.554. The fourth-order valence-electron chi connectivity index (χ4n) is 0.794. The lowest BCUT2D eigenvalue weighted by Crippen LogP contribution is -1.70. The summed E-state index contributed by atoms with van der Waals surface area (Å²) in [6.07, 6.45) is 3.44. The van der Waals surface area contributed by atoms with Crippen LogP contribution in [0.15, 0.2) is 15.2 Å². The maximum atomic E-state index is 3.44. The summed E-state index contributed by atoms with van der Waals surface area (Å²) in [5, 5.41) is 4.13. The molecule has 0 aromatic carbocycles. The first-order valence-electron chi connectivity index (χ1n) is 4.05. The van der Waals surface area contributed by atoms with Gasteiger partial charge in [0.05, 0.1) is 0 Å². The van der Waals surface area contributed by atoms with Crippen LogP contribution in [0.25, 0.3) is 0 Å². The minimum Gasteiger partial charge on any atom is -0.269 e. The molecule has 0 aliphatic carbocycles. The van der Waals surface area contributed by atoms with Crippen LogP contribution in [0.5, 0.6) is 0 Å². The molecule has 1 heterocycles.